The lowest BCUT2D eigenvalue weighted by atomic mass is 9.72. The van der Waals surface area contributed by atoms with Crippen molar-refractivity contribution in [2.75, 3.05) is 34.3 Å². The molecule has 3 aliphatic rings. The molecule has 0 saturated carbocycles. The van der Waals surface area contributed by atoms with Gasteiger partial charge in [-0.05, 0) is 98.4 Å². The normalized spacial score (nSPS) is 38.5. The number of methoxy groups -OCH3 is 1. The minimum Gasteiger partial charge on any atom is -0.456 e. The predicted molar refractivity (Wildman–Crippen MR) is 224 cm³/mol. The summed E-state index contributed by atoms with van der Waals surface area (Å²) >= 11 is 1.59. The van der Waals surface area contributed by atoms with Crippen molar-refractivity contribution in [1.29, 1.82) is 0 Å². The third-order valence-corrected chi connectivity index (χ3v) is 14.3. The zero-order valence-corrected chi connectivity index (χ0v) is 38.1. The second-order valence-corrected chi connectivity index (χ2v) is 18.9. The Hall–Kier alpha value is -3.16. The van der Waals surface area contributed by atoms with E-state index in [1.165, 1.54) is 21.0 Å². The van der Waals surface area contributed by atoms with Gasteiger partial charge in [0.2, 0.25) is 0 Å². The second-order valence-electron chi connectivity index (χ2n) is 17.8. The van der Waals surface area contributed by atoms with Crippen molar-refractivity contribution in [3.8, 4) is 10.6 Å². The van der Waals surface area contributed by atoms with E-state index in [0.717, 1.165) is 22.4 Å². The van der Waals surface area contributed by atoms with Gasteiger partial charge in [-0.3, -0.25) is 9.78 Å². The van der Waals surface area contributed by atoms with Crippen LogP contribution in [-0.4, -0.2) is 148 Å². The van der Waals surface area contributed by atoms with E-state index in [2.05, 4.69) is 9.97 Å². The summed E-state index contributed by atoms with van der Waals surface area (Å²) in [6, 6.07) is 2.11. The first-order valence-corrected chi connectivity index (χ1v) is 21.9. The molecular formula is C43H67FN6O9S. The van der Waals surface area contributed by atoms with Gasteiger partial charge in [0.05, 0.1) is 23.9 Å². The average Bonchev–Trinajstić information content (AvgIpc) is 3.79. The summed E-state index contributed by atoms with van der Waals surface area (Å²) < 4.78 is 47.8. The number of aliphatic hydroxyl groups is 1. The number of carbonyl (C=O) groups is 3. The molecule has 2 aromatic heterocycles. The SMILES string of the molecule is CCN(CCCc1cnc(-c2cccnc2)s1)N1C(=O)O[C@]2(C)[C@H](C)OC(=O)C(C)(F)C(=O)[C@H](C)[C@@H](O[C@@H]3O[C@H](C)C[C@H](N(C)C)[C@H]3O)[C@@](C)(OC)C[C@@H](C)C(N)[C@@H](C)[C@@H]12. The number of likely N-dealkylation sites (N-methyl/N-ethyl adjacent to an activating group) is 1. The van der Waals surface area contributed by atoms with Crippen LogP contribution in [0.25, 0.3) is 10.6 Å². The number of ether oxygens (including phenoxy) is 5. The number of Topliss-reactive ketones (excluding diaryl/α,β-unsaturated/α-hetero) is 1. The van der Waals surface area contributed by atoms with Gasteiger partial charge in [-0.25, -0.2) is 29.0 Å². The summed E-state index contributed by atoms with van der Waals surface area (Å²) in [7, 11) is 5.16. The molecule has 17 heteroatoms. The topological polar surface area (TPSA) is 179 Å². The van der Waals surface area contributed by atoms with E-state index in [-0.39, 0.29) is 24.5 Å². The molecule has 14 atom stereocenters. The van der Waals surface area contributed by atoms with Crippen LogP contribution in [0.5, 0.6) is 0 Å². The number of hydrazine groups is 1. The van der Waals surface area contributed by atoms with Gasteiger partial charge in [0.15, 0.2) is 17.7 Å². The number of hydrogen-bond acceptors (Lipinski definition) is 15. The standard InChI is InChI=1S/C43H67FN6O9S/c1-13-49(19-15-17-30-23-47-37(60-30)29-16-14-18-46-22-29)50-34-26(4)32(45)24(2)21-41(7,55-12)36(58-38-33(51)31(48(10)11)20-25(3)56-38)27(5)35(52)42(8,44)39(53)57-28(6)43(34,9)59-40(50)54/h14,16,18,22-28,31-34,36,38,51H,13,15,17,19-21,45H2,1-12H3/t24-,25-,26-,27+,28+,31+,32?,33-,34-,36-,38+,41+,42?,43-/m1/s1. The number of cyclic esters (lactones) is 1. The molecule has 0 radical (unpaired) electrons. The van der Waals surface area contributed by atoms with Crippen molar-refractivity contribution in [1.82, 2.24) is 24.9 Å². The number of aryl methyl sites for hydroxylation is 1. The van der Waals surface area contributed by atoms with Gasteiger partial charge in [0.1, 0.15) is 17.2 Å². The van der Waals surface area contributed by atoms with Gasteiger partial charge >= 0.3 is 12.1 Å². The zero-order valence-electron chi connectivity index (χ0n) is 37.3. The van der Waals surface area contributed by atoms with E-state index in [9.17, 15) is 19.5 Å². The Kier molecular flexibility index (Phi) is 15.2. The van der Waals surface area contributed by atoms with Crippen molar-refractivity contribution in [2.45, 2.75) is 154 Å². The first-order valence-electron chi connectivity index (χ1n) is 21.1. The van der Waals surface area contributed by atoms with Gasteiger partial charge in [-0.2, -0.15) is 0 Å². The molecule has 1 amide bonds. The molecule has 3 N–H and O–H groups in total. The molecule has 336 valence electrons. The largest absolute Gasteiger partial charge is 0.456 e. The number of aromatic nitrogens is 2. The van der Waals surface area contributed by atoms with Crippen LogP contribution in [0.15, 0.2) is 30.7 Å². The number of ketones is 1. The number of hydrogen-bond donors (Lipinski definition) is 2. The number of fused-ring (bicyclic) bond motifs is 1. The lowest BCUT2D eigenvalue weighted by Gasteiger charge is -2.48. The fraction of sp³-hybridized carbons (Fsp3) is 0.744. The van der Waals surface area contributed by atoms with E-state index >= 15 is 4.39 Å². The smallest absolute Gasteiger partial charge is 0.425 e. The van der Waals surface area contributed by atoms with Crippen molar-refractivity contribution in [2.24, 2.45) is 23.5 Å². The Balaban J connectivity index is 1.48. The Labute approximate surface area is 358 Å². The molecule has 0 aromatic carbocycles. The minimum atomic E-state index is -3.15. The molecule has 0 spiro atoms. The van der Waals surface area contributed by atoms with Crippen LogP contribution in [0.2, 0.25) is 0 Å². The van der Waals surface area contributed by atoms with E-state index in [1.807, 2.05) is 70.0 Å². The summed E-state index contributed by atoms with van der Waals surface area (Å²) in [6.07, 6.45) is 1.78. The number of thiazole rings is 1. The minimum absolute atomic E-state index is 0.210. The van der Waals surface area contributed by atoms with Gasteiger partial charge in [-0.1, -0.05) is 27.7 Å². The van der Waals surface area contributed by atoms with Crippen LogP contribution in [0, 0.1) is 17.8 Å². The summed E-state index contributed by atoms with van der Waals surface area (Å²) in [5, 5.41) is 15.8. The van der Waals surface area contributed by atoms with Gasteiger partial charge in [0, 0.05) is 67.2 Å². The van der Waals surface area contributed by atoms with Crippen molar-refractivity contribution in [3.63, 3.8) is 0 Å². The lowest BCUT2D eigenvalue weighted by molar-refractivity contribution is -0.296. The fourth-order valence-electron chi connectivity index (χ4n) is 9.37. The monoisotopic (exact) mass is 862 g/mol. The van der Waals surface area contributed by atoms with Crippen LogP contribution >= 0.6 is 11.3 Å². The molecule has 3 fully saturated rings. The molecular weight excluding hydrogens is 796 g/mol. The lowest BCUT2D eigenvalue weighted by Crippen LogP contribution is -2.64. The molecule has 5 rings (SSSR count). The molecule has 5 heterocycles. The number of halogens is 1. The van der Waals surface area contributed by atoms with Crippen molar-refractivity contribution >= 4 is 29.2 Å². The highest BCUT2D eigenvalue weighted by Crippen LogP contribution is 2.44. The third kappa shape index (κ3) is 9.58. The molecule has 60 heavy (non-hydrogen) atoms. The molecule has 3 saturated heterocycles. The second kappa shape index (κ2) is 19.1. The summed E-state index contributed by atoms with van der Waals surface area (Å²) in [5.41, 5.74) is 2.17. The number of nitrogens with zero attached hydrogens (tertiary/aromatic N) is 5. The van der Waals surface area contributed by atoms with Gasteiger partial charge < -0.3 is 39.4 Å². The summed E-state index contributed by atoms with van der Waals surface area (Å²) in [4.78, 5) is 54.1. The number of pyridine rings is 1. The van der Waals surface area contributed by atoms with Crippen molar-refractivity contribution in [3.05, 3.63) is 35.6 Å². The summed E-state index contributed by atoms with van der Waals surface area (Å²) in [5.74, 6) is -4.66. The maximum atomic E-state index is 16.9. The summed E-state index contributed by atoms with van der Waals surface area (Å²) in [6.45, 7) is 15.9. The highest BCUT2D eigenvalue weighted by molar-refractivity contribution is 7.15. The first kappa shape index (κ1) is 47.9. The van der Waals surface area contributed by atoms with Crippen LogP contribution in [-0.2, 0) is 39.7 Å². The fourth-order valence-corrected chi connectivity index (χ4v) is 10.3. The van der Waals surface area contributed by atoms with Crippen molar-refractivity contribution < 1.29 is 47.6 Å². The molecule has 0 aliphatic carbocycles. The van der Waals surface area contributed by atoms with Crippen LogP contribution in [0.3, 0.4) is 0 Å². The molecule has 3 aliphatic heterocycles. The van der Waals surface area contributed by atoms with E-state index < -0.39 is 83.2 Å². The Morgan fingerprint density at radius 3 is 2.43 bits per heavy atom. The van der Waals surface area contributed by atoms with E-state index in [4.69, 9.17) is 29.4 Å². The van der Waals surface area contributed by atoms with Gasteiger partial charge in [-0.15, -0.1) is 11.3 Å². The first-order chi connectivity index (χ1) is 28.1. The highest BCUT2D eigenvalue weighted by Gasteiger charge is 2.62. The number of nitrogens with two attached hydrogens (primary N) is 1. The van der Waals surface area contributed by atoms with Crippen LogP contribution < -0.4 is 5.73 Å². The number of carbonyl (C=O) groups excluding carboxylic acids is 3. The zero-order chi connectivity index (χ0) is 44.5. The van der Waals surface area contributed by atoms with Crippen LogP contribution in [0.4, 0.5) is 9.18 Å². The maximum absolute atomic E-state index is 16.9. The Bertz CT molecular complexity index is 1790. The number of rotatable bonds is 11. The van der Waals surface area contributed by atoms with E-state index in [0.29, 0.717) is 32.4 Å². The molecule has 2 unspecified atom stereocenters. The average molecular weight is 863 g/mol. The number of amides is 1. The maximum Gasteiger partial charge on any atom is 0.425 e. The number of esters is 1. The van der Waals surface area contributed by atoms with Gasteiger partial charge in [0.25, 0.3) is 5.67 Å². The van der Waals surface area contributed by atoms with E-state index in [1.54, 1.807) is 42.6 Å². The molecule has 0 bridgehead atoms. The Morgan fingerprint density at radius 1 is 1.12 bits per heavy atom. The number of aliphatic hydroxyl groups excluding tert-OH is 1. The Morgan fingerprint density at radius 2 is 1.82 bits per heavy atom. The molecule has 15 nitrogen and oxygen atoms in total. The quantitative estimate of drug-likeness (QED) is 0.227. The molecule has 2 aromatic rings. The predicted octanol–water partition coefficient (Wildman–Crippen LogP) is 5.04. The highest BCUT2D eigenvalue weighted by atomic mass is 32.1. The van der Waals surface area contributed by atoms with Crippen LogP contribution in [0.1, 0.15) is 86.5 Å². The third-order valence-electron chi connectivity index (χ3n) is 13.2. The number of alkyl halides is 1.